The molecule has 0 radical (unpaired) electrons. The minimum Gasteiger partial charge on any atom is -0.365 e. The molecular formula is C11H12F3N5. The molecular weight excluding hydrogens is 259 g/mol. The number of aromatic nitrogens is 4. The fourth-order valence-corrected chi connectivity index (χ4v) is 1.42. The average molecular weight is 271 g/mol. The second-order valence-corrected chi connectivity index (χ2v) is 4.17. The Morgan fingerprint density at radius 3 is 2.68 bits per heavy atom. The van der Waals surface area contributed by atoms with Crippen molar-refractivity contribution in [3.63, 3.8) is 0 Å². The van der Waals surface area contributed by atoms with Gasteiger partial charge in [-0.2, -0.15) is 17.7 Å². The maximum absolute atomic E-state index is 12.6. The summed E-state index contributed by atoms with van der Waals surface area (Å²) in [5.74, 6) is -0.802. The number of fused-ring (bicyclic) bond motifs is 1. The lowest BCUT2D eigenvalue weighted by molar-refractivity contribution is -0.146. The van der Waals surface area contributed by atoms with Crippen molar-refractivity contribution in [1.82, 2.24) is 19.8 Å². The molecule has 0 fully saturated rings. The van der Waals surface area contributed by atoms with E-state index in [1.165, 1.54) is 6.07 Å². The number of halogens is 3. The van der Waals surface area contributed by atoms with Crippen molar-refractivity contribution in [2.45, 2.75) is 20.0 Å². The van der Waals surface area contributed by atoms with Gasteiger partial charge in [0.1, 0.15) is 5.82 Å². The molecule has 0 amide bonds. The lowest BCUT2D eigenvalue weighted by atomic mass is 10.3. The molecule has 0 unspecified atom stereocenters. The van der Waals surface area contributed by atoms with Crippen LogP contribution >= 0.6 is 0 Å². The average Bonchev–Trinajstić information content (AvgIpc) is 2.71. The normalized spacial score (nSPS) is 11.6. The quantitative estimate of drug-likeness (QED) is 0.871. The maximum atomic E-state index is 12.6. The molecule has 0 saturated heterocycles. The molecule has 1 N–H and O–H groups in total. The predicted molar refractivity (Wildman–Crippen MR) is 63.7 cm³/mol. The van der Waals surface area contributed by atoms with Crippen molar-refractivity contribution < 1.29 is 13.2 Å². The van der Waals surface area contributed by atoms with Crippen molar-refractivity contribution in [2.75, 3.05) is 11.9 Å². The first-order chi connectivity index (χ1) is 8.88. The molecule has 0 saturated carbocycles. The number of anilines is 1. The zero-order valence-electron chi connectivity index (χ0n) is 10.4. The molecule has 0 bridgehead atoms. The number of hydrogen-bond donors (Lipinski definition) is 1. The molecule has 0 aliphatic carbocycles. The Labute approximate surface area is 107 Å². The van der Waals surface area contributed by atoms with Crippen molar-refractivity contribution in [1.29, 1.82) is 0 Å². The third-order valence-electron chi connectivity index (χ3n) is 2.31. The Hall–Kier alpha value is -2.12. The zero-order chi connectivity index (χ0) is 14.0. The summed E-state index contributed by atoms with van der Waals surface area (Å²) in [4.78, 5) is 0. The van der Waals surface area contributed by atoms with E-state index >= 15 is 0 Å². The van der Waals surface area contributed by atoms with Crippen LogP contribution in [0.2, 0.25) is 0 Å². The lowest BCUT2D eigenvalue weighted by Crippen LogP contribution is -2.13. The first kappa shape index (κ1) is 13.3. The molecule has 2 aromatic rings. The standard InChI is InChI=1S/C11H12F3N5/c1-7(2)5-6-15-8-3-4-9-16-17-10(11(12,13)14)19(9)18-8/h3-5H,6H2,1-2H3,(H,15,18). The highest BCUT2D eigenvalue weighted by Crippen LogP contribution is 2.27. The Balaban J connectivity index is 2.31. The third kappa shape index (κ3) is 3.01. The van der Waals surface area contributed by atoms with E-state index in [4.69, 9.17) is 0 Å². The molecule has 0 aromatic carbocycles. The number of nitrogens with zero attached hydrogens (tertiary/aromatic N) is 4. The molecule has 0 atom stereocenters. The molecule has 0 aliphatic rings. The van der Waals surface area contributed by atoms with Gasteiger partial charge in [-0.3, -0.25) is 0 Å². The summed E-state index contributed by atoms with van der Waals surface area (Å²) in [6.45, 7) is 4.35. The summed E-state index contributed by atoms with van der Waals surface area (Å²) in [5.41, 5.74) is 1.16. The number of allylic oxidation sites excluding steroid dienone is 1. The van der Waals surface area contributed by atoms with Crippen molar-refractivity contribution in [2.24, 2.45) is 0 Å². The van der Waals surface area contributed by atoms with Crippen LogP contribution in [-0.2, 0) is 6.18 Å². The Kier molecular flexibility index (Phi) is 3.41. The minimum absolute atomic E-state index is 0.0556. The molecule has 19 heavy (non-hydrogen) atoms. The summed E-state index contributed by atoms with van der Waals surface area (Å²) >= 11 is 0. The molecule has 0 spiro atoms. The van der Waals surface area contributed by atoms with E-state index in [2.05, 4.69) is 20.6 Å². The molecule has 2 rings (SSSR count). The molecule has 2 heterocycles. The summed E-state index contributed by atoms with van der Waals surface area (Å²) in [7, 11) is 0. The maximum Gasteiger partial charge on any atom is 0.453 e. The van der Waals surface area contributed by atoms with Crippen LogP contribution < -0.4 is 5.32 Å². The topological polar surface area (TPSA) is 55.1 Å². The van der Waals surface area contributed by atoms with Crippen LogP contribution in [0.3, 0.4) is 0 Å². The number of nitrogens with one attached hydrogen (secondary N) is 1. The van der Waals surface area contributed by atoms with Gasteiger partial charge in [0.05, 0.1) is 0 Å². The second-order valence-electron chi connectivity index (χ2n) is 4.17. The van der Waals surface area contributed by atoms with Gasteiger partial charge in [0.2, 0.25) is 0 Å². The van der Waals surface area contributed by atoms with Gasteiger partial charge in [-0.25, -0.2) is 0 Å². The van der Waals surface area contributed by atoms with E-state index in [9.17, 15) is 13.2 Å². The van der Waals surface area contributed by atoms with Gasteiger partial charge in [-0.05, 0) is 26.0 Å². The van der Waals surface area contributed by atoms with Crippen molar-refractivity contribution in [3.05, 3.63) is 29.6 Å². The van der Waals surface area contributed by atoms with Crippen LogP contribution in [0.1, 0.15) is 19.7 Å². The van der Waals surface area contributed by atoms with E-state index in [0.29, 0.717) is 16.9 Å². The van der Waals surface area contributed by atoms with E-state index in [-0.39, 0.29) is 5.65 Å². The first-order valence-corrected chi connectivity index (χ1v) is 5.55. The highest BCUT2D eigenvalue weighted by Gasteiger charge is 2.37. The zero-order valence-corrected chi connectivity index (χ0v) is 10.4. The van der Waals surface area contributed by atoms with Gasteiger partial charge in [0.15, 0.2) is 5.65 Å². The first-order valence-electron chi connectivity index (χ1n) is 5.55. The van der Waals surface area contributed by atoms with Crippen LogP contribution in [0.15, 0.2) is 23.8 Å². The van der Waals surface area contributed by atoms with Gasteiger partial charge in [-0.1, -0.05) is 11.6 Å². The molecule has 5 nitrogen and oxygen atoms in total. The Morgan fingerprint density at radius 1 is 1.32 bits per heavy atom. The highest BCUT2D eigenvalue weighted by molar-refractivity contribution is 5.44. The largest absolute Gasteiger partial charge is 0.453 e. The summed E-state index contributed by atoms with van der Waals surface area (Å²) in [6, 6.07) is 2.99. The SMILES string of the molecule is CC(C)=CCNc1ccc2nnc(C(F)(F)F)n2n1. The molecule has 0 aliphatic heterocycles. The van der Waals surface area contributed by atoms with Gasteiger partial charge in [0.25, 0.3) is 5.82 Å². The molecule has 2 aromatic heterocycles. The van der Waals surface area contributed by atoms with Crippen LogP contribution in [0, 0.1) is 0 Å². The number of rotatable bonds is 3. The van der Waals surface area contributed by atoms with Crippen LogP contribution in [0.4, 0.5) is 19.0 Å². The van der Waals surface area contributed by atoms with Crippen LogP contribution in [0.25, 0.3) is 5.65 Å². The summed E-state index contributed by atoms with van der Waals surface area (Å²) in [6.07, 6.45) is -2.67. The van der Waals surface area contributed by atoms with Crippen LogP contribution in [-0.4, -0.2) is 26.4 Å². The van der Waals surface area contributed by atoms with Gasteiger partial charge in [0, 0.05) is 6.54 Å². The smallest absolute Gasteiger partial charge is 0.365 e. The monoisotopic (exact) mass is 271 g/mol. The predicted octanol–water partition coefficient (Wildman–Crippen LogP) is 2.52. The third-order valence-corrected chi connectivity index (χ3v) is 2.31. The van der Waals surface area contributed by atoms with E-state index in [1.54, 1.807) is 6.07 Å². The lowest BCUT2D eigenvalue weighted by Gasteiger charge is -2.05. The van der Waals surface area contributed by atoms with E-state index < -0.39 is 12.0 Å². The van der Waals surface area contributed by atoms with Crippen LogP contribution in [0.5, 0.6) is 0 Å². The van der Waals surface area contributed by atoms with E-state index in [0.717, 1.165) is 5.57 Å². The fraction of sp³-hybridized carbons (Fsp3) is 0.364. The summed E-state index contributed by atoms with van der Waals surface area (Å²) < 4.78 is 38.6. The summed E-state index contributed by atoms with van der Waals surface area (Å²) in [5, 5.41) is 13.3. The van der Waals surface area contributed by atoms with Gasteiger partial charge >= 0.3 is 6.18 Å². The van der Waals surface area contributed by atoms with Crippen molar-refractivity contribution in [3.8, 4) is 0 Å². The fourth-order valence-electron chi connectivity index (χ4n) is 1.42. The number of hydrogen-bond acceptors (Lipinski definition) is 4. The van der Waals surface area contributed by atoms with E-state index in [1.807, 2.05) is 19.9 Å². The molecule has 102 valence electrons. The Bertz CT molecular complexity index is 610. The van der Waals surface area contributed by atoms with Gasteiger partial charge in [-0.15, -0.1) is 15.3 Å². The second kappa shape index (κ2) is 4.87. The highest BCUT2D eigenvalue weighted by atomic mass is 19.4. The minimum atomic E-state index is -4.58. The van der Waals surface area contributed by atoms with Gasteiger partial charge < -0.3 is 5.32 Å². The Morgan fingerprint density at radius 2 is 2.05 bits per heavy atom. The number of alkyl halides is 3. The molecule has 8 heteroatoms. The van der Waals surface area contributed by atoms with Crippen molar-refractivity contribution >= 4 is 11.5 Å².